The van der Waals surface area contributed by atoms with Gasteiger partial charge in [0.05, 0.1) is 6.61 Å². The molecule has 0 saturated heterocycles. The maximum absolute atomic E-state index is 6.31. The van der Waals surface area contributed by atoms with Crippen molar-refractivity contribution >= 4 is 0 Å². The van der Waals surface area contributed by atoms with E-state index in [4.69, 9.17) is 4.74 Å². The molecule has 3 aromatic rings. The fourth-order valence-electron chi connectivity index (χ4n) is 3.83. The molecular formula is C28H35NO. The van der Waals surface area contributed by atoms with Crippen LogP contribution in [0.5, 0.6) is 5.75 Å². The van der Waals surface area contributed by atoms with Gasteiger partial charge in [-0.1, -0.05) is 98.5 Å². The summed E-state index contributed by atoms with van der Waals surface area (Å²) in [7, 11) is 4.29. The van der Waals surface area contributed by atoms with Crippen molar-refractivity contribution in [2.24, 2.45) is 0 Å². The molecule has 0 bridgehead atoms. The van der Waals surface area contributed by atoms with E-state index in [1.54, 1.807) is 0 Å². The van der Waals surface area contributed by atoms with Gasteiger partial charge in [0.1, 0.15) is 5.75 Å². The summed E-state index contributed by atoms with van der Waals surface area (Å²) in [6.07, 6.45) is 7.60. The number of hydrogen-bond acceptors (Lipinski definition) is 2. The molecular weight excluding hydrogens is 366 g/mol. The van der Waals surface area contributed by atoms with E-state index in [1.807, 2.05) is 0 Å². The summed E-state index contributed by atoms with van der Waals surface area (Å²) < 4.78 is 6.31. The van der Waals surface area contributed by atoms with Gasteiger partial charge in [-0.3, -0.25) is 0 Å². The lowest BCUT2D eigenvalue weighted by Gasteiger charge is -2.16. The van der Waals surface area contributed by atoms with E-state index < -0.39 is 0 Å². The van der Waals surface area contributed by atoms with Crippen LogP contribution in [0.15, 0.2) is 78.9 Å². The summed E-state index contributed by atoms with van der Waals surface area (Å²) in [5, 5.41) is 0. The maximum Gasteiger partial charge on any atom is 0.127 e. The van der Waals surface area contributed by atoms with E-state index in [0.717, 1.165) is 18.8 Å². The van der Waals surface area contributed by atoms with Gasteiger partial charge in [0.2, 0.25) is 0 Å². The number of benzene rings is 3. The molecule has 30 heavy (non-hydrogen) atoms. The Balaban J connectivity index is 1.61. The van der Waals surface area contributed by atoms with Crippen molar-refractivity contribution in [3.63, 3.8) is 0 Å². The molecule has 2 heteroatoms. The molecule has 0 heterocycles. The molecule has 0 fully saturated rings. The monoisotopic (exact) mass is 401 g/mol. The first-order chi connectivity index (χ1) is 14.8. The highest BCUT2D eigenvalue weighted by atomic mass is 16.5. The zero-order chi connectivity index (χ0) is 21.0. The van der Waals surface area contributed by atoms with Crippen LogP contribution in [0.3, 0.4) is 0 Å². The molecule has 0 aromatic heterocycles. The summed E-state index contributed by atoms with van der Waals surface area (Å²) in [5.74, 6) is 0.980. The van der Waals surface area contributed by atoms with Crippen LogP contribution in [-0.2, 0) is 0 Å². The van der Waals surface area contributed by atoms with Gasteiger partial charge in [0, 0.05) is 5.56 Å². The van der Waals surface area contributed by atoms with Crippen LogP contribution < -0.4 is 4.74 Å². The van der Waals surface area contributed by atoms with Crippen molar-refractivity contribution in [3.05, 3.63) is 78.9 Å². The predicted molar refractivity (Wildman–Crippen MR) is 129 cm³/mol. The molecule has 0 atom stereocenters. The Morgan fingerprint density at radius 2 is 1.20 bits per heavy atom. The van der Waals surface area contributed by atoms with E-state index in [1.165, 1.54) is 60.9 Å². The van der Waals surface area contributed by atoms with Crippen LogP contribution in [0.4, 0.5) is 0 Å². The number of ether oxygens (including phenoxy) is 1. The molecule has 2 nitrogen and oxygen atoms in total. The fourth-order valence-corrected chi connectivity index (χ4v) is 3.83. The zero-order valence-electron chi connectivity index (χ0n) is 18.5. The second kappa shape index (κ2) is 12.2. The highest BCUT2D eigenvalue weighted by Gasteiger charge is 2.13. The molecule has 0 N–H and O–H groups in total. The number of nitrogens with zero attached hydrogens (tertiary/aromatic N) is 1. The summed E-state index contributed by atoms with van der Waals surface area (Å²) in [6.45, 7) is 1.97. The Bertz CT molecular complexity index is 858. The maximum atomic E-state index is 6.31. The quantitative estimate of drug-likeness (QED) is 0.295. The minimum Gasteiger partial charge on any atom is -0.493 e. The van der Waals surface area contributed by atoms with Crippen LogP contribution in [0, 0.1) is 0 Å². The smallest absolute Gasteiger partial charge is 0.127 e. The number of rotatable bonds is 12. The van der Waals surface area contributed by atoms with Gasteiger partial charge in [-0.15, -0.1) is 0 Å². The molecule has 0 aliphatic carbocycles. The van der Waals surface area contributed by atoms with E-state index in [2.05, 4.69) is 97.9 Å². The molecule has 0 saturated carbocycles. The predicted octanol–water partition coefficient (Wildman–Crippen LogP) is 7.30. The topological polar surface area (TPSA) is 12.5 Å². The largest absolute Gasteiger partial charge is 0.493 e. The first kappa shape index (κ1) is 22.1. The first-order valence-corrected chi connectivity index (χ1v) is 11.3. The van der Waals surface area contributed by atoms with E-state index >= 15 is 0 Å². The van der Waals surface area contributed by atoms with Gasteiger partial charge in [-0.05, 0) is 56.2 Å². The average molecular weight is 402 g/mol. The number of unbranched alkanes of at least 4 members (excludes halogenated alkanes) is 5. The molecule has 3 rings (SSSR count). The minimum absolute atomic E-state index is 0.774. The van der Waals surface area contributed by atoms with E-state index in [0.29, 0.717) is 0 Å². The lowest BCUT2D eigenvalue weighted by Crippen LogP contribution is -2.12. The molecule has 0 unspecified atom stereocenters. The third kappa shape index (κ3) is 6.74. The highest BCUT2D eigenvalue weighted by molar-refractivity contribution is 5.87. The second-order valence-corrected chi connectivity index (χ2v) is 8.18. The Morgan fingerprint density at radius 3 is 1.87 bits per heavy atom. The average Bonchev–Trinajstić information content (AvgIpc) is 2.78. The van der Waals surface area contributed by atoms with Gasteiger partial charge < -0.3 is 9.64 Å². The van der Waals surface area contributed by atoms with Crippen molar-refractivity contribution in [2.75, 3.05) is 27.2 Å². The molecule has 3 aromatic carbocycles. The molecule has 0 aliphatic heterocycles. The van der Waals surface area contributed by atoms with Gasteiger partial charge in [0.25, 0.3) is 0 Å². The van der Waals surface area contributed by atoms with Crippen molar-refractivity contribution in [3.8, 4) is 28.0 Å². The van der Waals surface area contributed by atoms with Gasteiger partial charge in [-0.25, -0.2) is 0 Å². The highest BCUT2D eigenvalue weighted by Crippen LogP contribution is 2.39. The summed E-state index contributed by atoms with van der Waals surface area (Å²) in [5.41, 5.74) is 4.83. The van der Waals surface area contributed by atoms with Crippen LogP contribution in [-0.4, -0.2) is 32.1 Å². The first-order valence-electron chi connectivity index (χ1n) is 11.3. The molecule has 0 spiro atoms. The van der Waals surface area contributed by atoms with Gasteiger partial charge in [0.15, 0.2) is 0 Å². The fraction of sp³-hybridized carbons (Fsp3) is 0.357. The van der Waals surface area contributed by atoms with Crippen molar-refractivity contribution in [1.82, 2.24) is 4.90 Å². The van der Waals surface area contributed by atoms with Crippen molar-refractivity contribution in [1.29, 1.82) is 0 Å². The Labute approximate surface area is 182 Å². The third-order valence-electron chi connectivity index (χ3n) is 5.43. The summed E-state index contributed by atoms with van der Waals surface area (Å²) >= 11 is 0. The molecule has 0 aliphatic rings. The number of hydrogen-bond donors (Lipinski definition) is 0. The SMILES string of the molecule is CN(C)CCCCCCCCOc1cccc(-c2ccccc2)c1-c1ccccc1. The van der Waals surface area contributed by atoms with Crippen LogP contribution in [0.25, 0.3) is 22.3 Å². The lowest BCUT2D eigenvalue weighted by atomic mass is 9.94. The zero-order valence-corrected chi connectivity index (χ0v) is 18.5. The summed E-state index contributed by atoms with van der Waals surface area (Å²) in [6, 6.07) is 27.6. The summed E-state index contributed by atoms with van der Waals surface area (Å²) in [4.78, 5) is 2.27. The minimum atomic E-state index is 0.774. The standard InChI is InChI=1S/C28H35NO/c1-29(2)22-13-5-3-4-6-14-23-30-27-21-15-20-26(24-16-9-7-10-17-24)28(27)25-18-11-8-12-19-25/h7-12,15-21H,3-6,13-14,22-23H2,1-2H3. The Hall–Kier alpha value is -2.58. The van der Waals surface area contributed by atoms with Crippen molar-refractivity contribution in [2.45, 2.75) is 38.5 Å². The molecule has 0 radical (unpaired) electrons. The van der Waals surface area contributed by atoms with Gasteiger partial charge >= 0.3 is 0 Å². The van der Waals surface area contributed by atoms with Crippen LogP contribution in [0.2, 0.25) is 0 Å². The second-order valence-electron chi connectivity index (χ2n) is 8.18. The Kier molecular flexibility index (Phi) is 8.99. The van der Waals surface area contributed by atoms with Crippen LogP contribution >= 0.6 is 0 Å². The van der Waals surface area contributed by atoms with E-state index in [9.17, 15) is 0 Å². The van der Waals surface area contributed by atoms with Crippen LogP contribution in [0.1, 0.15) is 38.5 Å². The Morgan fingerprint density at radius 1 is 0.600 bits per heavy atom. The van der Waals surface area contributed by atoms with E-state index in [-0.39, 0.29) is 0 Å². The third-order valence-corrected chi connectivity index (χ3v) is 5.43. The lowest BCUT2D eigenvalue weighted by molar-refractivity contribution is 0.305. The normalized spacial score (nSPS) is 11.0. The molecule has 0 amide bonds. The molecule has 158 valence electrons. The van der Waals surface area contributed by atoms with Crippen molar-refractivity contribution < 1.29 is 4.74 Å². The van der Waals surface area contributed by atoms with Gasteiger partial charge in [-0.2, -0.15) is 0 Å².